The number of nitrogens with one attached hydrogen (secondary N) is 1. The van der Waals surface area contributed by atoms with E-state index in [9.17, 15) is 14.7 Å². The molecule has 5 rings (SSSR count). The fourth-order valence-corrected chi connectivity index (χ4v) is 5.99. The summed E-state index contributed by atoms with van der Waals surface area (Å²) < 4.78 is 10.5. The maximum Gasteiger partial charge on any atom is 0.257 e. The maximum absolute atomic E-state index is 13.8. The molecular formula is C27H31N5O5S. The van der Waals surface area contributed by atoms with E-state index >= 15 is 0 Å². The normalized spacial score (nSPS) is 24.0. The number of thiazole rings is 1. The molecule has 2 amide bonds. The van der Waals surface area contributed by atoms with Crippen molar-refractivity contribution in [1.82, 2.24) is 20.4 Å². The van der Waals surface area contributed by atoms with Crippen molar-refractivity contribution in [3.63, 3.8) is 0 Å². The number of hydrogen-bond acceptors (Lipinski definition) is 9. The van der Waals surface area contributed by atoms with Gasteiger partial charge in [0, 0.05) is 19.0 Å². The summed E-state index contributed by atoms with van der Waals surface area (Å²) in [5.41, 5.74) is 3.38. The van der Waals surface area contributed by atoms with Crippen molar-refractivity contribution >= 4 is 29.0 Å². The van der Waals surface area contributed by atoms with Gasteiger partial charge in [-0.15, -0.1) is 11.3 Å². The van der Waals surface area contributed by atoms with Gasteiger partial charge in [-0.25, -0.2) is 9.98 Å². The number of amidine groups is 1. The Balaban J connectivity index is 1.43. The van der Waals surface area contributed by atoms with Gasteiger partial charge in [0.1, 0.15) is 11.8 Å². The van der Waals surface area contributed by atoms with Gasteiger partial charge in [0.25, 0.3) is 11.8 Å². The number of aromatic nitrogens is 2. The molecule has 4 heterocycles. The van der Waals surface area contributed by atoms with Crippen LogP contribution in [0.25, 0.3) is 10.4 Å². The lowest BCUT2D eigenvalue weighted by molar-refractivity contribution is -0.134. The van der Waals surface area contributed by atoms with Crippen LogP contribution in [-0.2, 0) is 15.1 Å². The van der Waals surface area contributed by atoms with E-state index in [1.165, 1.54) is 7.11 Å². The SMILES string of the molecule is COc1cc(C(C(=O)N2C[C@H](O)CC2C2=NC(C)(c3ccc(-c4scnc4C)cc3)C(=O)N2)C(C)C)on1. The number of aliphatic hydroxyl groups excluding tert-OH is 1. The average Bonchev–Trinajstić information content (AvgIpc) is 3.67. The number of hydrogen-bond donors (Lipinski definition) is 2. The first-order valence-corrected chi connectivity index (χ1v) is 13.4. The average molecular weight is 538 g/mol. The fraction of sp³-hybridized carbons (Fsp3) is 0.444. The molecular weight excluding hydrogens is 506 g/mol. The van der Waals surface area contributed by atoms with Gasteiger partial charge in [-0.2, -0.15) is 0 Å². The molecule has 1 saturated heterocycles. The molecule has 0 spiro atoms. The van der Waals surface area contributed by atoms with Crippen LogP contribution >= 0.6 is 11.3 Å². The molecule has 0 aliphatic carbocycles. The van der Waals surface area contributed by atoms with Crippen LogP contribution in [0.5, 0.6) is 5.88 Å². The summed E-state index contributed by atoms with van der Waals surface area (Å²) >= 11 is 1.57. The second kappa shape index (κ2) is 9.95. The van der Waals surface area contributed by atoms with Gasteiger partial charge in [0.2, 0.25) is 5.91 Å². The fourth-order valence-electron chi connectivity index (χ4n) is 5.18. The number of rotatable bonds is 7. The van der Waals surface area contributed by atoms with Crippen molar-refractivity contribution in [2.45, 2.75) is 57.7 Å². The third-order valence-electron chi connectivity index (χ3n) is 7.32. The topological polar surface area (TPSA) is 130 Å². The Kier molecular flexibility index (Phi) is 6.83. The van der Waals surface area contributed by atoms with Gasteiger partial charge < -0.3 is 24.6 Å². The van der Waals surface area contributed by atoms with Crippen LogP contribution in [0.2, 0.25) is 0 Å². The summed E-state index contributed by atoms with van der Waals surface area (Å²) in [6.07, 6.45) is -0.468. The second-order valence-electron chi connectivity index (χ2n) is 10.3. The number of amides is 2. The number of β-amino-alcohol motifs (C(OH)–C–C–N with tert-alkyl or cyclic N) is 1. The van der Waals surface area contributed by atoms with Crippen molar-refractivity contribution in [3.05, 3.63) is 52.9 Å². The van der Waals surface area contributed by atoms with E-state index in [1.54, 1.807) is 29.2 Å². The Labute approximate surface area is 224 Å². The van der Waals surface area contributed by atoms with Crippen LogP contribution in [0, 0.1) is 12.8 Å². The predicted molar refractivity (Wildman–Crippen MR) is 142 cm³/mol. The summed E-state index contributed by atoms with van der Waals surface area (Å²) in [5.74, 6) is -0.187. The van der Waals surface area contributed by atoms with Gasteiger partial charge in [0.15, 0.2) is 11.3 Å². The first-order chi connectivity index (χ1) is 18.1. The second-order valence-corrected chi connectivity index (χ2v) is 11.1. The highest BCUT2D eigenvalue weighted by atomic mass is 32.1. The number of carbonyl (C=O) groups excluding carboxylic acids is 2. The Morgan fingerprint density at radius 2 is 2.05 bits per heavy atom. The minimum Gasteiger partial charge on any atom is -0.479 e. The quantitative estimate of drug-likeness (QED) is 0.473. The Hall–Kier alpha value is -3.57. The number of carbonyl (C=O) groups is 2. The van der Waals surface area contributed by atoms with Gasteiger partial charge >= 0.3 is 0 Å². The van der Waals surface area contributed by atoms with E-state index in [2.05, 4.69) is 15.5 Å². The summed E-state index contributed by atoms with van der Waals surface area (Å²) in [7, 11) is 1.48. The van der Waals surface area contributed by atoms with Crippen LogP contribution < -0.4 is 10.1 Å². The van der Waals surface area contributed by atoms with E-state index in [4.69, 9.17) is 14.3 Å². The van der Waals surface area contributed by atoms with Crippen LogP contribution in [-0.4, -0.2) is 63.6 Å². The van der Waals surface area contributed by atoms with Crippen LogP contribution in [0.4, 0.5) is 0 Å². The number of benzene rings is 1. The van der Waals surface area contributed by atoms with Crippen molar-refractivity contribution < 1.29 is 24.0 Å². The van der Waals surface area contributed by atoms with Gasteiger partial charge in [-0.05, 0) is 36.0 Å². The lowest BCUT2D eigenvalue weighted by atomic mass is 9.91. The molecule has 38 heavy (non-hydrogen) atoms. The van der Waals surface area contributed by atoms with Crippen LogP contribution in [0.1, 0.15) is 50.1 Å². The third-order valence-corrected chi connectivity index (χ3v) is 8.29. The molecule has 1 aromatic carbocycles. The standard InChI is InChI=1S/C27H31N5O5S/c1-14(2)22(20-11-21(36-5)31-37-20)25(34)32-12-18(33)10-19(32)24-29-26(35)27(4,30-24)17-8-6-16(7-9-17)23-15(3)28-13-38-23/h6-9,11,13-14,18-19,22,33H,10,12H2,1-5H3,(H,29,30,35)/t18-,19?,22?,27?/m1/s1. The Morgan fingerprint density at radius 3 is 2.66 bits per heavy atom. The Morgan fingerprint density at radius 1 is 1.32 bits per heavy atom. The smallest absolute Gasteiger partial charge is 0.257 e. The van der Waals surface area contributed by atoms with Crippen LogP contribution in [0.3, 0.4) is 0 Å². The largest absolute Gasteiger partial charge is 0.479 e. The summed E-state index contributed by atoms with van der Waals surface area (Å²) in [6.45, 7) is 7.70. The van der Waals surface area contributed by atoms with E-state index in [-0.39, 0.29) is 36.6 Å². The molecule has 3 aromatic rings. The van der Waals surface area contributed by atoms with Crippen molar-refractivity contribution in [1.29, 1.82) is 0 Å². The highest BCUT2D eigenvalue weighted by Gasteiger charge is 2.48. The summed E-state index contributed by atoms with van der Waals surface area (Å²) in [5, 5.41) is 17.3. The van der Waals surface area contributed by atoms with Gasteiger partial charge in [-0.1, -0.05) is 38.1 Å². The van der Waals surface area contributed by atoms with Crippen molar-refractivity contribution in [3.8, 4) is 16.3 Å². The maximum atomic E-state index is 13.8. The number of aryl methyl sites for hydroxylation is 1. The molecule has 0 saturated carbocycles. The number of aliphatic hydroxyl groups is 1. The zero-order chi connectivity index (χ0) is 27.2. The lowest BCUT2D eigenvalue weighted by Gasteiger charge is -2.29. The van der Waals surface area contributed by atoms with E-state index in [0.717, 1.165) is 21.7 Å². The minimum atomic E-state index is -1.16. The van der Waals surface area contributed by atoms with E-state index < -0.39 is 23.6 Å². The molecule has 2 N–H and O–H groups in total. The molecule has 0 bridgehead atoms. The number of methoxy groups -OCH3 is 1. The molecule has 200 valence electrons. The van der Waals surface area contributed by atoms with Crippen molar-refractivity contribution in [2.24, 2.45) is 10.9 Å². The van der Waals surface area contributed by atoms with E-state index in [1.807, 2.05) is 50.5 Å². The van der Waals surface area contributed by atoms with Crippen LogP contribution in [0.15, 0.2) is 45.4 Å². The van der Waals surface area contributed by atoms with E-state index in [0.29, 0.717) is 11.6 Å². The molecule has 2 aliphatic rings. The van der Waals surface area contributed by atoms with Gasteiger partial charge in [0.05, 0.1) is 35.3 Å². The highest BCUT2D eigenvalue weighted by molar-refractivity contribution is 7.13. The first kappa shape index (κ1) is 26.1. The zero-order valence-electron chi connectivity index (χ0n) is 22.0. The molecule has 2 aromatic heterocycles. The molecule has 4 atom stereocenters. The Bertz CT molecular complexity index is 1380. The highest BCUT2D eigenvalue weighted by Crippen LogP contribution is 2.36. The molecule has 11 heteroatoms. The first-order valence-electron chi connectivity index (χ1n) is 12.5. The van der Waals surface area contributed by atoms with Crippen molar-refractivity contribution in [2.75, 3.05) is 13.7 Å². The number of aliphatic imine (C=N–C) groups is 1. The summed E-state index contributed by atoms with van der Waals surface area (Å²) in [6, 6.07) is 8.77. The lowest BCUT2D eigenvalue weighted by Crippen LogP contribution is -2.48. The molecule has 1 fully saturated rings. The molecule has 0 radical (unpaired) electrons. The monoisotopic (exact) mass is 537 g/mol. The molecule has 2 aliphatic heterocycles. The zero-order valence-corrected chi connectivity index (χ0v) is 22.8. The predicted octanol–water partition coefficient (Wildman–Crippen LogP) is 3.26. The number of likely N-dealkylation sites (tertiary alicyclic amines) is 1. The number of nitrogens with zero attached hydrogens (tertiary/aromatic N) is 4. The third kappa shape index (κ3) is 4.49. The minimum absolute atomic E-state index is 0.107. The summed E-state index contributed by atoms with van der Waals surface area (Å²) in [4.78, 5) is 38.8. The van der Waals surface area contributed by atoms with Gasteiger partial charge in [-0.3, -0.25) is 9.59 Å². The molecule has 10 nitrogen and oxygen atoms in total. The molecule has 3 unspecified atom stereocenters. The number of ether oxygens (including phenoxy) is 1.